The average Bonchev–Trinajstić information content (AvgIpc) is 2.15. The van der Waals surface area contributed by atoms with Crippen molar-refractivity contribution in [3.05, 3.63) is 0 Å². The molecule has 0 aromatic carbocycles. The van der Waals surface area contributed by atoms with E-state index in [1.54, 1.807) is 0 Å². The lowest BCUT2D eigenvalue weighted by Crippen LogP contribution is -2.34. The Morgan fingerprint density at radius 1 is 1.29 bits per heavy atom. The van der Waals surface area contributed by atoms with Crippen molar-refractivity contribution in [3.63, 3.8) is 0 Å². The molecule has 0 saturated heterocycles. The summed E-state index contributed by atoms with van der Waals surface area (Å²) in [5.74, 6) is 0.177. The number of rotatable bonds is 8. The van der Waals surface area contributed by atoms with Crippen LogP contribution in [-0.2, 0) is 4.79 Å². The van der Waals surface area contributed by atoms with Crippen molar-refractivity contribution in [2.24, 2.45) is 0 Å². The molecule has 0 aliphatic rings. The van der Waals surface area contributed by atoms with Gasteiger partial charge >= 0.3 is 0 Å². The van der Waals surface area contributed by atoms with Crippen LogP contribution in [0.15, 0.2) is 0 Å². The Morgan fingerprint density at radius 3 is 2.50 bits per heavy atom. The van der Waals surface area contributed by atoms with Gasteiger partial charge < -0.3 is 5.32 Å². The van der Waals surface area contributed by atoms with Crippen molar-refractivity contribution in [1.29, 1.82) is 0 Å². The maximum atomic E-state index is 11.4. The molecule has 0 spiro atoms. The number of halogens is 1. The summed E-state index contributed by atoms with van der Waals surface area (Å²) in [4.78, 5) is 11.4. The van der Waals surface area contributed by atoms with Gasteiger partial charge in [0.05, 0.1) is 0 Å². The van der Waals surface area contributed by atoms with Gasteiger partial charge in [-0.25, -0.2) is 0 Å². The van der Waals surface area contributed by atoms with E-state index in [9.17, 15) is 4.79 Å². The fourth-order valence-electron chi connectivity index (χ4n) is 1.47. The molecular weight excluding hydrogens is 242 g/mol. The zero-order chi connectivity index (χ0) is 10.8. The molecule has 14 heavy (non-hydrogen) atoms. The summed E-state index contributed by atoms with van der Waals surface area (Å²) < 4.78 is 0. The molecule has 3 heteroatoms. The predicted molar refractivity (Wildman–Crippen MR) is 64.8 cm³/mol. The lowest BCUT2D eigenvalue weighted by molar-refractivity contribution is -0.121. The molecule has 0 aliphatic carbocycles. The summed E-state index contributed by atoms with van der Waals surface area (Å²) in [6, 6.07) is 0.395. The SMILES string of the molecule is CCCCC(CCC)NC(=O)CCBr. The first-order chi connectivity index (χ1) is 6.74. The zero-order valence-corrected chi connectivity index (χ0v) is 10.9. The quantitative estimate of drug-likeness (QED) is 0.670. The summed E-state index contributed by atoms with van der Waals surface area (Å²) >= 11 is 3.27. The summed E-state index contributed by atoms with van der Waals surface area (Å²) in [6.45, 7) is 4.35. The Kier molecular flexibility index (Phi) is 9.47. The van der Waals surface area contributed by atoms with Crippen molar-refractivity contribution in [2.75, 3.05) is 5.33 Å². The Morgan fingerprint density at radius 2 is 2.00 bits per heavy atom. The lowest BCUT2D eigenvalue weighted by Gasteiger charge is -2.17. The van der Waals surface area contributed by atoms with Gasteiger partial charge in [0.2, 0.25) is 5.91 Å². The molecule has 1 amide bonds. The molecule has 0 aromatic rings. The van der Waals surface area contributed by atoms with Crippen LogP contribution < -0.4 is 5.32 Å². The van der Waals surface area contributed by atoms with Crippen LogP contribution in [0.4, 0.5) is 0 Å². The minimum atomic E-state index is 0.177. The van der Waals surface area contributed by atoms with E-state index in [0.29, 0.717) is 12.5 Å². The van der Waals surface area contributed by atoms with Gasteiger partial charge in [0, 0.05) is 17.8 Å². The average molecular weight is 264 g/mol. The second kappa shape index (κ2) is 9.50. The van der Waals surface area contributed by atoms with Crippen LogP contribution in [0.5, 0.6) is 0 Å². The molecular formula is C11H22BrNO. The molecule has 0 heterocycles. The zero-order valence-electron chi connectivity index (χ0n) is 9.31. The monoisotopic (exact) mass is 263 g/mol. The highest BCUT2D eigenvalue weighted by atomic mass is 79.9. The molecule has 0 saturated carbocycles. The van der Waals surface area contributed by atoms with E-state index >= 15 is 0 Å². The third kappa shape index (κ3) is 7.36. The molecule has 0 bridgehead atoms. The van der Waals surface area contributed by atoms with Gasteiger partial charge in [-0.3, -0.25) is 4.79 Å². The van der Waals surface area contributed by atoms with Crippen LogP contribution in [0.1, 0.15) is 52.4 Å². The highest BCUT2D eigenvalue weighted by molar-refractivity contribution is 9.09. The van der Waals surface area contributed by atoms with Gasteiger partial charge in [-0.1, -0.05) is 49.0 Å². The highest BCUT2D eigenvalue weighted by Crippen LogP contribution is 2.07. The second-order valence-electron chi connectivity index (χ2n) is 3.63. The van der Waals surface area contributed by atoms with E-state index in [2.05, 4.69) is 35.1 Å². The minimum absolute atomic E-state index is 0.177. The van der Waals surface area contributed by atoms with Gasteiger partial charge in [0.15, 0.2) is 0 Å². The van der Waals surface area contributed by atoms with Crippen LogP contribution in [-0.4, -0.2) is 17.3 Å². The second-order valence-corrected chi connectivity index (χ2v) is 4.43. The fourth-order valence-corrected chi connectivity index (χ4v) is 1.83. The third-order valence-corrected chi connectivity index (χ3v) is 2.63. The first-order valence-corrected chi connectivity index (χ1v) is 6.72. The topological polar surface area (TPSA) is 29.1 Å². The molecule has 0 radical (unpaired) electrons. The van der Waals surface area contributed by atoms with E-state index in [1.807, 2.05) is 0 Å². The van der Waals surface area contributed by atoms with E-state index in [-0.39, 0.29) is 5.91 Å². The maximum Gasteiger partial charge on any atom is 0.221 e. The number of carbonyl (C=O) groups is 1. The lowest BCUT2D eigenvalue weighted by atomic mass is 10.1. The van der Waals surface area contributed by atoms with Crippen LogP contribution >= 0.6 is 15.9 Å². The Balaban J connectivity index is 3.75. The molecule has 84 valence electrons. The number of carbonyl (C=O) groups excluding carboxylic acids is 1. The molecule has 2 nitrogen and oxygen atoms in total. The molecule has 0 rings (SSSR count). The third-order valence-electron chi connectivity index (χ3n) is 2.23. The number of unbranched alkanes of at least 4 members (excludes halogenated alkanes) is 1. The van der Waals surface area contributed by atoms with Crippen molar-refractivity contribution in [1.82, 2.24) is 5.32 Å². The first-order valence-electron chi connectivity index (χ1n) is 5.59. The number of hydrogen-bond acceptors (Lipinski definition) is 1. The number of amides is 1. The standard InChI is InChI=1S/C11H22BrNO/c1-3-5-7-10(6-4-2)13-11(14)8-9-12/h10H,3-9H2,1-2H3,(H,13,14). The van der Waals surface area contributed by atoms with Crippen molar-refractivity contribution >= 4 is 21.8 Å². The number of hydrogen-bond donors (Lipinski definition) is 1. The summed E-state index contributed by atoms with van der Waals surface area (Å²) in [7, 11) is 0. The largest absolute Gasteiger partial charge is 0.353 e. The van der Waals surface area contributed by atoms with Crippen molar-refractivity contribution in [3.8, 4) is 0 Å². The number of alkyl halides is 1. The minimum Gasteiger partial charge on any atom is -0.353 e. The van der Waals surface area contributed by atoms with Gasteiger partial charge in [-0.15, -0.1) is 0 Å². The summed E-state index contributed by atoms with van der Waals surface area (Å²) in [5, 5.41) is 3.84. The smallest absolute Gasteiger partial charge is 0.221 e. The maximum absolute atomic E-state index is 11.4. The van der Waals surface area contributed by atoms with Crippen molar-refractivity contribution < 1.29 is 4.79 Å². The fraction of sp³-hybridized carbons (Fsp3) is 0.909. The van der Waals surface area contributed by atoms with E-state index in [1.165, 1.54) is 12.8 Å². The van der Waals surface area contributed by atoms with E-state index in [0.717, 1.165) is 24.6 Å². The molecule has 1 N–H and O–H groups in total. The number of nitrogens with one attached hydrogen (secondary N) is 1. The van der Waals surface area contributed by atoms with E-state index < -0.39 is 0 Å². The normalized spacial score (nSPS) is 12.5. The van der Waals surface area contributed by atoms with Gasteiger partial charge in [0.25, 0.3) is 0 Å². The molecule has 0 fully saturated rings. The highest BCUT2D eigenvalue weighted by Gasteiger charge is 2.09. The first kappa shape index (κ1) is 13.9. The van der Waals surface area contributed by atoms with Crippen LogP contribution in [0.2, 0.25) is 0 Å². The van der Waals surface area contributed by atoms with Gasteiger partial charge in [-0.2, -0.15) is 0 Å². The Hall–Kier alpha value is -0.0500. The Labute approximate surface area is 96.0 Å². The van der Waals surface area contributed by atoms with Gasteiger partial charge in [0.1, 0.15) is 0 Å². The Bertz CT molecular complexity index is 150. The molecule has 0 aromatic heterocycles. The summed E-state index contributed by atoms with van der Waals surface area (Å²) in [6.07, 6.45) is 6.37. The van der Waals surface area contributed by atoms with Crippen LogP contribution in [0, 0.1) is 0 Å². The van der Waals surface area contributed by atoms with E-state index in [4.69, 9.17) is 0 Å². The van der Waals surface area contributed by atoms with Crippen LogP contribution in [0.25, 0.3) is 0 Å². The molecule has 0 aliphatic heterocycles. The molecule has 1 atom stereocenters. The summed E-state index contributed by atoms with van der Waals surface area (Å²) in [5.41, 5.74) is 0. The van der Waals surface area contributed by atoms with Crippen LogP contribution in [0.3, 0.4) is 0 Å². The predicted octanol–water partition coefficient (Wildman–Crippen LogP) is 3.25. The molecule has 1 unspecified atom stereocenters. The van der Waals surface area contributed by atoms with Gasteiger partial charge in [-0.05, 0) is 12.8 Å². The van der Waals surface area contributed by atoms with Crippen molar-refractivity contribution in [2.45, 2.75) is 58.4 Å².